The third-order valence-corrected chi connectivity index (χ3v) is 4.51. The number of Topliss-reactive ketones (excluding diaryl/α,β-unsaturated/α-hetero) is 1. The van der Waals surface area contributed by atoms with Crippen molar-refractivity contribution in [2.45, 2.75) is 25.7 Å². The standard InChI is InChI=1S/C17H16BrNO/c18-16-7-6-14(19)10-15(16)17(20)9-11-4-5-12-2-1-3-13(12)8-11/h4-8,10H,1-3,9,19H2. The van der Waals surface area contributed by atoms with Gasteiger partial charge in [0.05, 0.1) is 0 Å². The van der Waals surface area contributed by atoms with E-state index in [0.717, 1.165) is 16.5 Å². The highest BCUT2D eigenvalue weighted by Gasteiger charge is 2.14. The first kappa shape index (κ1) is 13.4. The first-order chi connectivity index (χ1) is 9.63. The van der Waals surface area contributed by atoms with Crippen LogP contribution in [0.25, 0.3) is 0 Å². The van der Waals surface area contributed by atoms with Gasteiger partial charge in [-0.25, -0.2) is 0 Å². The summed E-state index contributed by atoms with van der Waals surface area (Å²) in [6.45, 7) is 0. The minimum atomic E-state index is 0.0992. The first-order valence-electron chi connectivity index (χ1n) is 6.82. The fraction of sp³-hybridized carbons (Fsp3) is 0.235. The molecule has 0 heterocycles. The van der Waals surface area contributed by atoms with Gasteiger partial charge in [0.2, 0.25) is 0 Å². The molecule has 2 N–H and O–H groups in total. The SMILES string of the molecule is Nc1ccc(Br)c(C(=O)Cc2ccc3c(c2)CCC3)c1. The minimum Gasteiger partial charge on any atom is -0.399 e. The van der Waals surface area contributed by atoms with Gasteiger partial charge in [0.25, 0.3) is 0 Å². The van der Waals surface area contributed by atoms with Crippen LogP contribution in [0.2, 0.25) is 0 Å². The van der Waals surface area contributed by atoms with Crippen LogP contribution in [-0.2, 0) is 19.3 Å². The van der Waals surface area contributed by atoms with E-state index in [1.165, 1.54) is 24.0 Å². The molecule has 0 atom stereocenters. The molecule has 0 fully saturated rings. The maximum absolute atomic E-state index is 12.4. The van der Waals surface area contributed by atoms with Crippen molar-refractivity contribution in [1.82, 2.24) is 0 Å². The summed E-state index contributed by atoms with van der Waals surface area (Å²) < 4.78 is 0.804. The normalized spacial score (nSPS) is 13.2. The van der Waals surface area contributed by atoms with Crippen molar-refractivity contribution in [3.8, 4) is 0 Å². The summed E-state index contributed by atoms with van der Waals surface area (Å²) in [6.07, 6.45) is 3.96. The Balaban J connectivity index is 1.84. The van der Waals surface area contributed by atoms with E-state index in [-0.39, 0.29) is 5.78 Å². The molecule has 0 bridgehead atoms. The molecule has 20 heavy (non-hydrogen) atoms. The van der Waals surface area contributed by atoms with Crippen LogP contribution in [0.4, 0.5) is 5.69 Å². The van der Waals surface area contributed by atoms with Gasteiger partial charge in [0.1, 0.15) is 0 Å². The van der Waals surface area contributed by atoms with E-state index in [0.29, 0.717) is 17.7 Å². The second kappa shape index (κ2) is 5.41. The van der Waals surface area contributed by atoms with Gasteiger partial charge in [-0.3, -0.25) is 4.79 Å². The molecule has 0 amide bonds. The van der Waals surface area contributed by atoms with Crippen molar-refractivity contribution < 1.29 is 4.79 Å². The van der Waals surface area contributed by atoms with E-state index in [4.69, 9.17) is 5.73 Å². The van der Waals surface area contributed by atoms with E-state index < -0.39 is 0 Å². The molecule has 0 radical (unpaired) electrons. The third-order valence-electron chi connectivity index (χ3n) is 3.82. The van der Waals surface area contributed by atoms with Crippen LogP contribution < -0.4 is 5.73 Å². The largest absolute Gasteiger partial charge is 0.399 e. The van der Waals surface area contributed by atoms with Gasteiger partial charge in [0, 0.05) is 22.1 Å². The molecule has 102 valence electrons. The maximum atomic E-state index is 12.4. The van der Waals surface area contributed by atoms with Gasteiger partial charge in [0.15, 0.2) is 5.78 Å². The molecule has 0 aliphatic heterocycles. The highest BCUT2D eigenvalue weighted by molar-refractivity contribution is 9.10. The van der Waals surface area contributed by atoms with Crippen LogP contribution in [0.5, 0.6) is 0 Å². The highest BCUT2D eigenvalue weighted by atomic mass is 79.9. The van der Waals surface area contributed by atoms with Crippen LogP contribution in [-0.4, -0.2) is 5.78 Å². The second-order valence-corrected chi connectivity index (χ2v) is 6.15. The average Bonchev–Trinajstić information content (AvgIpc) is 2.89. The molecule has 3 heteroatoms. The van der Waals surface area contributed by atoms with E-state index in [1.807, 2.05) is 6.07 Å². The molecular formula is C17H16BrNO. The number of hydrogen-bond donors (Lipinski definition) is 1. The predicted octanol–water partition coefficient (Wildman–Crippen LogP) is 3.95. The maximum Gasteiger partial charge on any atom is 0.168 e. The number of rotatable bonds is 3. The smallest absolute Gasteiger partial charge is 0.168 e. The lowest BCUT2D eigenvalue weighted by molar-refractivity contribution is 0.0992. The minimum absolute atomic E-state index is 0.0992. The Bertz CT molecular complexity index is 679. The zero-order chi connectivity index (χ0) is 14.1. The van der Waals surface area contributed by atoms with Gasteiger partial charge >= 0.3 is 0 Å². The molecule has 2 aromatic carbocycles. The lowest BCUT2D eigenvalue weighted by Crippen LogP contribution is -2.06. The molecule has 2 nitrogen and oxygen atoms in total. The summed E-state index contributed by atoms with van der Waals surface area (Å²) in [6, 6.07) is 11.8. The zero-order valence-electron chi connectivity index (χ0n) is 11.2. The van der Waals surface area contributed by atoms with Gasteiger partial charge in [-0.2, -0.15) is 0 Å². The summed E-state index contributed by atoms with van der Waals surface area (Å²) in [7, 11) is 0. The summed E-state index contributed by atoms with van der Waals surface area (Å²) in [4.78, 5) is 12.4. The number of benzene rings is 2. The molecule has 0 saturated heterocycles. The van der Waals surface area contributed by atoms with E-state index >= 15 is 0 Å². The quantitative estimate of drug-likeness (QED) is 0.684. The van der Waals surface area contributed by atoms with Gasteiger partial charge < -0.3 is 5.73 Å². The number of nitrogen functional groups attached to an aromatic ring is 1. The number of fused-ring (bicyclic) bond motifs is 1. The predicted molar refractivity (Wildman–Crippen MR) is 85.1 cm³/mol. The van der Waals surface area contributed by atoms with Crippen LogP contribution >= 0.6 is 15.9 Å². The number of carbonyl (C=O) groups excluding carboxylic acids is 1. The number of anilines is 1. The molecule has 0 unspecified atom stereocenters. The fourth-order valence-corrected chi connectivity index (χ4v) is 3.24. The molecule has 0 spiro atoms. The Morgan fingerprint density at radius 3 is 2.75 bits per heavy atom. The monoisotopic (exact) mass is 329 g/mol. The number of carbonyl (C=O) groups is 1. The number of ketones is 1. The number of nitrogens with two attached hydrogens (primary N) is 1. The topological polar surface area (TPSA) is 43.1 Å². The van der Waals surface area contributed by atoms with Crippen molar-refractivity contribution in [1.29, 1.82) is 0 Å². The van der Waals surface area contributed by atoms with Crippen molar-refractivity contribution in [3.05, 3.63) is 63.1 Å². The van der Waals surface area contributed by atoms with E-state index in [2.05, 4.69) is 34.1 Å². The van der Waals surface area contributed by atoms with Crippen molar-refractivity contribution in [3.63, 3.8) is 0 Å². The third kappa shape index (κ3) is 2.63. The second-order valence-electron chi connectivity index (χ2n) is 5.30. The van der Waals surface area contributed by atoms with Crippen molar-refractivity contribution in [2.24, 2.45) is 0 Å². The lowest BCUT2D eigenvalue weighted by atomic mass is 9.99. The number of hydrogen-bond acceptors (Lipinski definition) is 2. The first-order valence-corrected chi connectivity index (χ1v) is 7.62. The Kier molecular flexibility index (Phi) is 3.62. The highest BCUT2D eigenvalue weighted by Crippen LogP contribution is 2.25. The number of halogens is 1. The number of aryl methyl sites for hydroxylation is 2. The summed E-state index contributed by atoms with van der Waals surface area (Å²) in [5.41, 5.74) is 11.0. The molecule has 3 rings (SSSR count). The average molecular weight is 330 g/mol. The molecule has 2 aromatic rings. The lowest BCUT2D eigenvalue weighted by Gasteiger charge is -2.07. The van der Waals surface area contributed by atoms with Crippen LogP contribution in [0.1, 0.15) is 33.5 Å². The van der Waals surface area contributed by atoms with Crippen molar-refractivity contribution >= 4 is 27.4 Å². The zero-order valence-corrected chi connectivity index (χ0v) is 12.7. The van der Waals surface area contributed by atoms with Gasteiger partial charge in [-0.15, -0.1) is 0 Å². The Hall–Kier alpha value is -1.61. The Labute approximate surface area is 127 Å². The van der Waals surface area contributed by atoms with Gasteiger partial charge in [-0.05, 0) is 54.2 Å². The summed E-state index contributed by atoms with van der Waals surface area (Å²) >= 11 is 3.42. The summed E-state index contributed by atoms with van der Waals surface area (Å²) in [5.74, 6) is 0.0992. The summed E-state index contributed by atoms with van der Waals surface area (Å²) in [5, 5.41) is 0. The van der Waals surface area contributed by atoms with Crippen LogP contribution in [0.3, 0.4) is 0 Å². The van der Waals surface area contributed by atoms with Gasteiger partial charge in [-0.1, -0.05) is 34.1 Å². The molecule has 1 aliphatic rings. The van der Waals surface area contributed by atoms with Crippen LogP contribution in [0, 0.1) is 0 Å². The molecule has 0 saturated carbocycles. The van der Waals surface area contributed by atoms with Crippen molar-refractivity contribution in [2.75, 3.05) is 5.73 Å². The Morgan fingerprint density at radius 1 is 1.10 bits per heavy atom. The van der Waals surface area contributed by atoms with Crippen LogP contribution in [0.15, 0.2) is 40.9 Å². The fourth-order valence-electron chi connectivity index (χ4n) is 2.77. The molecule has 1 aliphatic carbocycles. The van der Waals surface area contributed by atoms with E-state index in [1.54, 1.807) is 12.1 Å². The van der Waals surface area contributed by atoms with E-state index in [9.17, 15) is 4.79 Å². The molecular weight excluding hydrogens is 314 g/mol. The Morgan fingerprint density at radius 2 is 1.90 bits per heavy atom. The molecule has 0 aromatic heterocycles.